The van der Waals surface area contributed by atoms with Crippen molar-refractivity contribution in [3.05, 3.63) is 0 Å². The van der Waals surface area contributed by atoms with Gasteiger partial charge in [0.05, 0.1) is 24.8 Å². The number of hydrogen-bond donors (Lipinski definition) is 4. The van der Waals surface area contributed by atoms with E-state index in [-0.39, 0.29) is 19.1 Å². The van der Waals surface area contributed by atoms with Crippen LogP contribution in [0.2, 0.25) is 0 Å². The van der Waals surface area contributed by atoms with Crippen molar-refractivity contribution in [3.8, 4) is 0 Å². The lowest BCUT2D eigenvalue weighted by Gasteiger charge is -2.33. The minimum atomic E-state index is -0.805. The van der Waals surface area contributed by atoms with Crippen LogP contribution in [-0.4, -0.2) is 40.9 Å². The monoisotopic (exact) mass is 216 g/mol. The molecule has 0 aromatic carbocycles. The fourth-order valence-corrected chi connectivity index (χ4v) is 1.89. The summed E-state index contributed by atoms with van der Waals surface area (Å²) < 4.78 is 0. The summed E-state index contributed by atoms with van der Waals surface area (Å²) in [6, 6.07) is -0.597. The number of nitrogens with one attached hydrogen (secondary N) is 1. The van der Waals surface area contributed by atoms with Crippen molar-refractivity contribution in [1.29, 1.82) is 0 Å². The molecule has 0 atom stereocenters. The van der Waals surface area contributed by atoms with E-state index in [0.29, 0.717) is 12.8 Å². The van der Waals surface area contributed by atoms with E-state index in [0.717, 1.165) is 19.3 Å². The number of carbonyl (C=O) groups is 1. The maximum atomic E-state index is 11.8. The quantitative estimate of drug-likeness (QED) is 0.490. The van der Waals surface area contributed by atoms with Gasteiger partial charge < -0.3 is 21.3 Å². The second-order valence-corrected chi connectivity index (χ2v) is 4.25. The smallest absolute Gasteiger partial charge is 0.240 e. The maximum absolute atomic E-state index is 11.8. The van der Waals surface area contributed by atoms with E-state index < -0.39 is 11.6 Å². The van der Waals surface area contributed by atoms with Gasteiger partial charge in [-0.15, -0.1) is 0 Å². The molecule has 1 aliphatic carbocycles. The van der Waals surface area contributed by atoms with Crippen molar-refractivity contribution in [2.45, 2.75) is 43.7 Å². The summed E-state index contributed by atoms with van der Waals surface area (Å²) in [7, 11) is 0. The molecule has 5 N–H and O–H groups in total. The van der Waals surface area contributed by atoms with E-state index in [4.69, 9.17) is 15.9 Å². The minimum absolute atomic E-state index is 0.254. The lowest BCUT2D eigenvalue weighted by molar-refractivity contribution is -0.128. The average Bonchev–Trinajstić information content (AvgIpc) is 2.26. The Kier molecular flexibility index (Phi) is 4.50. The summed E-state index contributed by atoms with van der Waals surface area (Å²) in [5.41, 5.74) is 5.18. The standard InChI is InChI=1S/C10H20N2O3/c11-10(4-2-1-3-5-10)9(15)12-8(6-13)7-14/h8,13-14H,1-7,11H2,(H,12,15). The number of rotatable bonds is 4. The molecule has 0 spiro atoms. The molecule has 0 heterocycles. The Bertz CT molecular complexity index is 211. The molecule has 88 valence electrons. The Morgan fingerprint density at radius 3 is 2.27 bits per heavy atom. The van der Waals surface area contributed by atoms with Crippen LogP contribution < -0.4 is 11.1 Å². The Morgan fingerprint density at radius 2 is 1.80 bits per heavy atom. The Balaban J connectivity index is 2.50. The maximum Gasteiger partial charge on any atom is 0.240 e. The normalized spacial score (nSPS) is 20.3. The third-order valence-electron chi connectivity index (χ3n) is 2.97. The molecule has 1 fully saturated rings. The SMILES string of the molecule is NC1(C(=O)NC(CO)CO)CCCCC1. The average molecular weight is 216 g/mol. The summed E-state index contributed by atoms with van der Waals surface area (Å²) in [6.07, 6.45) is 4.42. The molecule has 0 unspecified atom stereocenters. The summed E-state index contributed by atoms with van der Waals surface area (Å²) in [5.74, 6) is -0.254. The van der Waals surface area contributed by atoms with Crippen molar-refractivity contribution in [3.63, 3.8) is 0 Å². The van der Waals surface area contributed by atoms with Crippen molar-refractivity contribution in [1.82, 2.24) is 5.32 Å². The van der Waals surface area contributed by atoms with Gasteiger partial charge in [-0.05, 0) is 12.8 Å². The van der Waals surface area contributed by atoms with Gasteiger partial charge in [0.25, 0.3) is 0 Å². The second kappa shape index (κ2) is 5.44. The van der Waals surface area contributed by atoms with Gasteiger partial charge in [-0.3, -0.25) is 4.79 Å². The highest BCUT2D eigenvalue weighted by atomic mass is 16.3. The zero-order chi connectivity index (χ0) is 11.3. The molecule has 0 saturated heterocycles. The Labute approximate surface area is 89.7 Å². The third-order valence-corrected chi connectivity index (χ3v) is 2.97. The minimum Gasteiger partial charge on any atom is -0.394 e. The van der Waals surface area contributed by atoms with E-state index in [1.165, 1.54) is 0 Å². The van der Waals surface area contributed by atoms with Crippen LogP contribution >= 0.6 is 0 Å². The van der Waals surface area contributed by atoms with Crippen LogP contribution in [0.25, 0.3) is 0 Å². The van der Waals surface area contributed by atoms with E-state index in [1.54, 1.807) is 0 Å². The number of aliphatic hydroxyl groups excluding tert-OH is 2. The van der Waals surface area contributed by atoms with E-state index in [9.17, 15) is 4.79 Å². The van der Waals surface area contributed by atoms with Crippen LogP contribution in [-0.2, 0) is 4.79 Å². The fraction of sp³-hybridized carbons (Fsp3) is 0.900. The highest BCUT2D eigenvalue weighted by molar-refractivity contribution is 5.86. The van der Waals surface area contributed by atoms with Crippen LogP contribution in [0.15, 0.2) is 0 Å². The molecule has 0 aromatic heterocycles. The number of amides is 1. The molecule has 5 heteroatoms. The van der Waals surface area contributed by atoms with Gasteiger partial charge in [0.15, 0.2) is 0 Å². The predicted octanol–water partition coefficient (Wildman–Crippen LogP) is -0.883. The van der Waals surface area contributed by atoms with Crippen molar-refractivity contribution >= 4 is 5.91 Å². The zero-order valence-electron chi connectivity index (χ0n) is 8.91. The van der Waals surface area contributed by atoms with Crippen LogP contribution in [0.3, 0.4) is 0 Å². The van der Waals surface area contributed by atoms with E-state index in [1.807, 2.05) is 0 Å². The van der Waals surface area contributed by atoms with Gasteiger partial charge in [-0.1, -0.05) is 19.3 Å². The van der Waals surface area contributed by atoms with E-state index >= 15 is 0 Å². The van der Waals surface area contributed by atoms with Crippen LogP contribution in [0.5, 0.6) is 0 Å². The molecular formula is C10H20N2O3. The molecule has 0 aliphatic heterocycles. The third kappa shape index (κ3) is 3.15. The molecule has 1 amide bonds. The lowest BCUT2D eigenvalue weighted by atomic mass is 9.82. The first kappa shape index (κ1) is 12.4. The van der Waals surface area contributed by atoms with Gasteiger partial charge in [-0.25, -0.2) is 0 Å². The van der Waals surface area contributed by atoms with Crippen molar-refractivity contribution in [2.75, 3.05) is 13.2 Å². The molecule has 1 saturated carbocycles. The van der Waals surface area contributed by atoms with Crippen molar-refractivity contribution < 1.29 is 15.0 Å². The highest BCUT2D eigenvalue weighted by Crippen LogP contribution is 2.25. The molecule has 0 bridgehead atoms. The highest BCUT2D eigenvalue weighted by Gasteiger charge is 2.35. The summed E-state index contributed by atoms with van der Waals surface area (Å²) >= 11 is 0. The number of nitrogens with two attached hydrogens (primary N) is 1. The molecule has 0 radical (unpaired) electrons. The van der Waals surface area contributed by atoms with Gasteiger partial charge in [0.2, 0.25) is 5.91 Å². The van der Waals surface area contributed by atoms with Crippen LogP contribution in [0, 0.1) is 0 Å². The zero-order valence-corrected chi connectivity index (χ0v) is 8.91. The predicted molar refractivity (Wildman–Crippen MR) is 56.1 cm³/mol. The summed E-state index contributed by atoms with van der Waals surface area (Å²) in [5, 5.41) is 20.2. The topological polar surface area (TPSA) is 95.6 Å². The van der Waals surface area contributed by atoms with Crippen LogP contribution in [0.1, 0.15) is 32.1 Å². The van der Waals surface area contributed by atoms with Gasteiger partial charge in [0.1, 0.15) is 0 Å². The number of hydrogen-bond acceptors (Lipinski definition) is 4. The first-order valence-corrected chi connectivity index (χ1v) is 5.44. The Hall–Kier alpha value is -0.650. The Morgan fingerprint density at radius 1 is 1.27 bits per heavy atom. The lowest BCUT2D eigenvalue weighted by Crippen LogP contribution is -2.58. The summed E-state index contributed by atoms with van der Waals surface area (Å²) in [4.78, 5) is 11.8. The first-order valence-electron chi connectivity index (χ1n) is 5.44. The molecule has 1 rings (SSSR count). The first-order chi connectivity index (χ1) is 7.12. The van der Waals surface area contributed by atoms with Gasteiger partial charge >= 0.3 is 0 Å². The molecule has 0 aromatic rings. The second-order valence-electron chi connectivity index (χ2n) is 4.25. The summed E-state index contributed by atoms with van der Waals surface area (Å²) in [6.45, 7) is -0.531. The van der Waals surface area contributed by atoms with Gasteiger partial charge in [-0.2, -0.15) is 0 Å². The van der Waals surface area contributed by atoms with Crippen molar-refractivity contribution in [2.24, 2.45) is 5.73 Å². The van der Waals surface area contributed by atoms with Gasteiger partial charge in [0, 0.05) is 0 Å². The van der Waals surface area contributed by atoms with Crippen LogP contribution in [0.4, 0.5) is 0 Å². The molecule has 1 aliphatic rings. The van der Waals surface area contributed by atoms with E-state index in [2.05, 4.69) is 5.32 Å². The number of aliphatic hydroxyl groups is 2. The molecule has 15 heavy (non-hydrogen) atoms. The largest absolute Gasteiger partial charge is 0.394 e. The molecule has 5 nitrogen and oxygen atoms in total. The molecular weight excluding hydrogens is 196 g/mol. The number of carbonyl (C=O) groups excluding carboxylic acids is 1. The fourth-order valence-electron chi connectivity index (χ4n) is 1.89.